The maximum Gasteiger partial charge on any atom is 0.0592 e. The molecule has 0 heterocycles. The van der Waals surface area contributed by atoms with Crippen LogP contribution in [-0.2, 0) is 0 Å². The first-order valence-electron chi connectivity index (χ1n) is 5.53. The molecule has 1 aliphatic rings. The molecule has 4 heteroatoms. The number of thioether (sulfide) groups is 1. The third-order valence-corrected chi connectivity index (χ3v) is 3.96. The minimum absolute atomic E-state index is 0.202. The Hall–Kier alpha value is -0.220. The molecule has 0 bridgehead atoms. The summed E-state index contributed by atoms with van der Waals surface area (Å²) in [5.41, 5.74) is 0. The van der Waals surface area contributed by atoms with Gasteiger partial charge in [-0.2, -0.15) is 0 Å². The highest BCUT2D eigenvalue weighted by Crippen LogP contribution is 2.23. The first-order chi connectivity index (χ1) is 7.78. The minimum atomic E-state index is 0.202. The molecule has 2 N–H and O–H groups in total. The predicted octanol–water partition coefficient (Wildman–Crippen LogP) is 2.54. The third kappa shape index (κ3) is 3.98. The monoisotopic (exact) mass is 257 g/mol. The average Bonchev–Trinajstić information content (AvgIpc) is 3.10. The van der Waals surface area contributed by atoms with Crippen LogP contribution < -0.4 is 5.32 Å². The quantitative estimate of drug-likeness (QED) is 0.769. The fourth-order valence-electron chi connectivity index (χ4n) is 1.46. The van der Waals surface area contributed by atoms with Crippen molar-refractivity contribution in [2.24, 2.45) is 0 Å². The van der Waals surface area contributed by atoms with Gasteiger partial charge >= 0.3 is 0 Å². The highest BCUT2D eigenvalue weighted by atomic mass is 35.5. The van der Waals surface area contributed by atoms with Crippen LogP contribution in [0.2, 0.25) is 5.02 Å². The van der Waals surface area contributed by atoms with Crippen molar-refractivity contribution in [1.29, 1.82) is 0 Å². The van der Waals surface area contributed by atoms with Crippen LogP contribution in [0.25, 0.3) is 0 Å². The summed E-state index contributed by atoms with van der Waals surface area (Å²) >= 11 is 7.57. The van der Waals surface area contributed by atoms with Crippen LogP contribution in [0, 0.1) is 0 Å². The molecule has 1 aliphatic carbocycles. The minimum Gasteiger partial charge on any atom is -0.395 e. The van der Waals surface area contributed by atoms with E-state index in [0.29, 0.717) is 6.04 Å². The zero-order valence-corrected chi connectivity index (χ0v) is 10.6. The number of benzene rings is 1. The van der Waals surface area contributed by atoms with Gasteiger partial charge in [0.15, 0.2) is 0 Å². The first-order valence-corrected chi connectivity index (χ1v) is 6.89. The Morgan fingerprint density at radius 3 is 2.62 bits per heavy atom. The number of aliphatic hydroxyl groups excluding tert-OH is 1. The van der Waals surface area contributed by atoms with Gasteiger partial charge in [0.1, 0.15) is 0 Å². The lowest BCUT2D eigenvalue weighted by Gasteiger charge is -2.15. The molecule has 1 fully saturated rings. The fourth-order valence-corrected chi connectivity index (χ4v) is 2.51. The average molecular weight is 258 g/mol. The van der Waals surface area contributed by atoms with Gasteiger partial charge in [0, 0.05) is 27.8 Å². The van der Waals surface area contributed by atoms with E-state index in [1.165, 1.54) is 17.7 Å². The molecule has 2 rings (SSSR count). The van der Waals surface area contributed by atoms with Crippen molar-refractivity contribution in [3.05, 3.63) is 29.3 Å². The van der Waals surface area contributed by atoms with E-state index in [-0.39, 0.29) is 12.6 Å². The zero-order chi connectivity index (χ0) is 11.4. The fraction of sp³-hybridized carbons (Fsp3) is 0.500. The van der Waals surface area contributed by atoms with Crippen LogP contribution in [0.1, 0.15) is 12.8 Å². The lowest BCUT2D eigenvalue weighted by atomic mass is 10.3. The van der Waals surface area contributed by atoms with E-state index in [1.807, 2.05) is 24.3 Å². The topological polar surface area (TPSA) is 32.3 Å². The molecular weight excluding hydrogens is 242 g/mol. The molecule has 0 aliphatic heterocycles. The van der Waals surface area contributed by atoms with Gasteiger partial charge < -0.3 is 10.4 Å². The van der Waals surface area contributed by atoms with Gasteiger partial charge in [0.25, 0.3) is 0 Å². The van der Waals surface area contributed by atoms with E-state index < -0.39 is 0 Å². The van der Waals surface area contributed by atoms with Crippen molar-refractivity contribution in [1.82, 2.24) is 5.32 Å². The van der Waals surface area contributed by atoms with Crippen LogP contribution in [0.15, 0.2) is 29.2 Å². The van der Waals surface area contributed by atoms with Gasteiger partial charge in [-0.1, -0.05) is 11.6 Å². The summed E-state index contributed by atoms with van der Waals surface area (Å²) < 4.78 is 0. The molecule has 0 spiro atoms. The van der Waals surface area contributed by atoms with Crippen molar-refractivity contribution in [3.63, 3.8) is 0 Å². The lowest BCUT2D eigenvalue weighted by molar-refractivity contribution is 0.253. The van der Waals surface area contributed by atoms with E-state index in [2.05, 4.69) is 5.32 Å². The second-order valence-electron chi connectivity index (χ2n) is 4.09. The first kappa shape index (κ1) is 12.2. The van der Waals surface area contributed by atoms with Gasteiger partial charge in [-0.05, 0) is 37.1 Å². The second-order valence-corrected chi connectivity index (χ2v) is 5.62. The predicted molar refractivity (Wildman–Crippen MR) is 69.2 cm³/mol. The van der Waals surface area contributed by atoms with Crippen molar-refractivity contribution in [2.75, 3.05) is 12.4 Å². The van der Waals surface area contributed by atoms with Crippen LogP contribution in [-0.4, -0.2) is 29.5 Å². The highest BCUT2D eigenvalue weighted by Gasteiger charge is 2.24. The third-order valence-electron chi connectivity index (χ3n) is 2.53. The summed E-state index contributed by atoms with van der Waals surface area (Å²) in [6.07, 6.45) is 2.50. The molecule has 0 radical (unpaired) electrons. The van der Waals surface area contributed by atoms with Gasteiger partial charge in [-0.3, -0.25) is 0 Å². The van der Waals surface area contributed by atoms with Gasteiger partial charge in [0.2, 0.25) is 0 Å². The zero-order valence-electron chi connectivity index (χ0n) is 9.03. The SMILES string of the molecule is OCC(CSc1ccc(Cl)cc1)NC1CC1. The number of hydrogen-bond donors (Lipinski definition) is 2. The van der Waals surface area contributed by atoms with Gasteiger partial charge in [-0.25, -0.2) is 0 Å². The highest BCUT2D eigenvalue weighted by molar-refractivity contribution is 7.99. The van der Waals surface area contributed by atoms with Crippen molar-refractivity contribution >= 4 is 23.4 Å². The molecule has 1 aromatic rings. The number of aliphatic hydroxyl groups is 1. The lowest BCUT2D eigenvalue weighted by Crippen LogP contribution is -2.36. The summed E-state index contributed by atoms with van der Waals surface area (Å²) in [6, 6.07) is 8.66. The molecule has 0 amide bonds. The van der Waals surface area contributed by atoms with Crippen molar-refractivity contribution in [3.8, 4) is 0 Å². The van der Waals surface area contributed by atoms with Crippen molar-refractivity contribution < 1.29 is 5.11 Å². The Morgan fingerprint density at radius 1 is 1.38 bits per heavy atom. The molecule has 1 aromatic carbocycles. The Morgan fingerprint density at radius 2 is 2.06 bits per heavy atom. The largest absolute Gasteiger partial charge is 0.395 e. The van der Waals surface area contributed by atoms with Crippen molar-refractivity contribution in [2.45, 2.75) is 29.8 Å². The molecule has 16 heavy (non-hydrogen) atoms. The molecule has 88 valence electrons. The standard InChI is InChI=1S/C12H16ClNOS/c13-9-1-5-12(6-2-9)16-8-11(7-15)14-10-3-4-10/h1-2,5-6,10-11,14-15H,3-4,7-8H2. The maximum absolute atomic E-state index is 9.23. The summed E-state index contributed by atoms with van der Waals surface area (Å²) in [7, 11) is 0. The van der Waals surface area contributed by atoms with E-state index in [4.69, 9.17) is 11.6 Å². The Balaban J connectivity index is 1.77. The second kappa shape index (κ2) is 5.92. The van der Waals surface area contributed by atoms with E-state index >= 15 is 0 Å². The number of nitrogens with one attached hydrogen (secondary N) is 1. The van der Waals surface area contributed by atoms with Crippen LogP contribution in [0.5, 0.6) is 0 Å². The molecule has 2 nitrogen and oxygen atoms in total. The number of rotatable bonds is 6. The molecule has 0 saturated heterocycles. The smallest absolute Gasteiger partial charge is 0.0592 e. The van der Waals surface area contributed by atoms with Crippen LogP contribution >= 0.6 is 23.4 Å². The molecule has 1 unspecified atom stereocenters. The summed E-state index contributed by atoms with van der Waals surface area (Å²) in [6.45, 7) is 0.205. The Kier molecular flexibility index (Phi) is 4.53. The van der Waals surface area contributed by atoms with E-state index in [0.717, 1.165) is 10.8 Å². The maximum atomic E-state index is 9.23. The number of hydrogen-bond acceptors (Lipinski definition) is 3. The van der Waals surface area contributed by atoms with E-state index in [9.17, 15) is 5.11 Å². The molecular formula is C12H16ClNOS. The van der Waals surface area contributed by atoms with Gasteiger partial charge in [-0.15, -0.1) is 11.8 Å². The summed E-state index contributed by atoms with van der Waals surface area (Å²) in [5.74, 6) is 0.897. The Labute approximate surface area is 105 Å². The molecule has 0 aromatic heterocycles. The normalized spacial score (nSPS) is 17.4. The van der Waals surface area contributed by atoms with Gasteiger partial charge in [0.05, 0.1) is 6.61 Å². The molecule has 1 saturated carbocycles. The molecule has 1 atom stereocenters. The summed E-state index contributed by atoms with van der Waals surface area (Å²) in [4.78, 5) is 1.19. The summed E-state index contributed by atoms with van der Waals surface area (Å²) in [5, 5.41) is 13.4. The van der Waals surface area contributed by atoms with Crippen LogP contribution in [0.4, 0.5) is 0 Å². The number of halogens is 1. The van der Waals surface area contributed by atoms with E-state index in [1.54, 1.807) is 11.8 Å². The Bertz CT molecular complexity index is 326. The van der Waals surface area contributed by atoms with Crippen LogP contribution in [0.3, 0.4) is 0 Å².